The summed E-state index contributed by atoms with van der Waals surface area (Å²) in [5, 5.41) is 28.5. The van der Waals surface area contributed by atoms with Crippen LogP contribution in [0, 0.1) is 6.92 Å². The molecule has 230 valence electrons. The molecular weight excluding hydrogens is 669 g/mol. The third-order valence-electron chi connectivity index (χ3n) is 7.66. The number of thiophene rings is 5. The van der Waals surface area contributed by atoms with E-state index >= 15 is 0 Å². The highest BCUT2D eigenvalue weighted by Crippen LogP contribution is 2.48. The lowest BCUT2D eigenvalue weighted by atomic mass is 10.1. The molecule has 0 atom stereocenters. The predicted octanol–water partition coefficient (Wildman–Crippen LogP) is 10.9. The van der Waals surface area contributed by atoms with E-state index in [1.54, 1.807) is 56.7 Å². The summed E-state index contributed by atoms with van der Waals surface area (Å²) in [5.74, 6) is -0.836. The summed E-state index contributed by atoms with van der Waals surface area (Å²) in [5.41, 5.74) is 6.10. The Bertz CT molecular complexity index is 2140. The van der Waals surface area contributed by atoms with Crippen LogP contribution in [0.5, 0.6) is 0 Å². The van der Waals surface area contributed by atoms with Gasteiger partial charge in [0.25, 0.3) is 0 Å². The first-order valence-electron chi connectivity index (χ1n) is 14.5. The number of aryl methyl sites for hydroxylation is 1. The van der Waals surface area contributed by atoms with Gasteiger partial charge >= 0.3 is 5.97 Å². The van der Waals surface area contributed by atoms with E-state index in [0.717, 1.165) is 52.2 Å². The standard InChI is InChI=1S/C37H28O4S5/c1-21-16-33(29-12-10-27(42-29)24-6-2-22(19-38)3-7-24)45-36(21)31-14-15-32(44-31)37-26(18-35(40)41)17-34(46-37)30-13-11-28(43-30)25-8-4-23(20-39)5-9-25/h2-17,38-39H,18-20H2,1H3,(H,40,41). The van der Waals surface area contributed by atoms with Gasteiger partial charge in [-0.25, -0.2) is 0 Å². The largest absolute Gasteiger partial charge is 0.481 e. The Morgan fingerprint density at radius 2 is 0.957 bits per heavy atom. The number of hydrogen-bond acceptors (Lipinski definition) is 8. The molecule has 46 heavy (non-hydrogen) atoms. The summed E-state index contributed by atoms with van der Waals surface area (Å²) in [6.07, 6.45) is -0.0223. The number of aliphatic hydroxyl groups is 2. The van der Waals surface area contributed by atoms with Crippen LogP contribution in [0.15, 0.2) is 97.1 Å². The molecule has 4 nitrogen and oxygen atoms in total. The van der Waals surface area contributed by atoms with Gasteiger partial charge in [0, 0.05) is 48.8 Å². The first kappa shape index (κ1) is 31.0. The summed E-state index contributed by atoms with van der Waals surface area (Å²) < 4.78 is 0. The van der Waals surface area contributed by atoms with E-state index < -0.39 is 5.97 Å². The van der Waals surface area contributed by atoms with Crippen molar-refractivity contribution in [2.75, 3.05) is 0 Å². The van der Waals surface area contributed by atoms with Crippen LogP contribution in [0.2, 0.25) is 0 Å². The van der Waals surface area contributed by atoms with Crippen LogP contribution in [0.3, 0.4) is 0 Å². The molecule has 0 aliphatic rings. The van der Waals surface area contributed by atoms with Crippen molar-refractivity contribution in [2.45, 2.75) is 26.6 Å². The Kier molecular flexibility index (Phi) is 8.89. The maximum Gasteiger partial charge on any atom is 0.307 e. The van der Waals surface area contributed by atoms with Gasteiger partial charge in [0.05, 0.1) is 19.6 Å². The highest BCUT2D eigenvalue weighted by atomic mass is 32.1. The van der Waals surface area contributed by atoms with E-state index in [4.69, 9.17) is 0 Å². The second-order valence-corrected chi connectivity index (χ2v) is 16.2. The number of aliphatic hydroxyl groups excluding tert-OH is 2. The van der Waals surface area contributed by atoms with Crippen molar-refractivity contribution in [3.8, 4) is 59.9 Å². The van der Waals surface area contributed by atoms with Crippen molar-refractivity contribution in [3.63, 3.8) is 0 Å². The van der Waals surface area contributed by atoms with Crippen molar-refractivity contribution < 1.29 is 20.1 Å². The SMILES string of the molecule is Cc1cc(-c2ccc(-c3ccc(CO)cc3)s2)sc1-c1ccc(-c2sc(-c3ccc(-c4ccc(CO)cc4)s3)cc2CC(=O)O)s1. The predicted molar refractivity (Wildman–Crippen MR) is 196 cm³/mol. The lowest BCUT2D eigenvalue weighted by molar-refractivity contribution is -0.136. The minimum Gasteiger partial charge on any atom is -0.481 e. The van der Waals surface area contributed by atoms with Gasteiger partial charge in [-0.15, -0.1) is 56.7 Å². The number of carboxylic acids is 1. The number of rotatable bonds is 10. The fourth-order valence-electron chi connectivity index (χ4n) is 5.28. The van der Waals surface area contributed by atoms with E-state index in [9.17, 15) is 20.1 Å². The van der Waals surface area contributed by atoms with Gasteiger partial charge in [-0.1, -0.05) is 48.5 Å². The highest BCUT2D eigenvalue weighted by molar-refractivity contribution is 7.30. The van der Waals surface area contributed by atoms with Gasteiger partial charge in [-0.05, 0) is 88.8 Å². The average molecular weight is 697 g/mol. The van der Waals surface area contributed by atoms with Gasteiger partial charge in [-0.3, -0.25) is 4.79 Å². The molecule has 0 bridgehead atoms. The maximum atomic E-state index is 11.9. The van der Waals surface area contributed by atoms with E-state index in [0.29, 0.717) is 0 Å². The zero-order valence-corrected chi connectivity index (χ0v) is 28.7. The quantitative estimate of drug-likeness (QED) is 0.133. The molecule has 0 saturated carbocycles. The fraction of sp³-hybridized carbons (Fsp3) is 0.108. The smallest absolute Gasteiger partial charge is 0.307 e. The lowest BCUT2D eigenvalue weighted by Gasteiger charge is -1.99. The third kappa shape index (κ3) is 6.32. The van der Waals surface area contributed by atoms with Gasteiger partial charge in [0.1, 0.15) is 0 Å². The van der Waals surface area contributed by atoms with E-state index in [-0.39, 0.29) is 19.6 Å². The van der Waals surface area contributed by atoms with Crippen molar-refractivity contribution in [2.24, 2.45) is 0 Å². The van der Waals surface area contributed by atoms with Gasteiger partial charge in [0.2, 0.25) is 0 Å². The minimum absolute atomic E-state index is 0.0223. The van der Waals surface area contributed by atoms with Gasteiger partial charge in [0.15, 0.2) is 0 Å². The fourth-order valence-corrected chi connectivity index (χ4v) is 11.1. The van der Waals surface area contributed by atoms with Crippen LogP contribution in [0.1, 0.15) is 22.3 Å². The van der Waals surface area contributed by atoms with Crippen molar-refractivity contribution >= 4 is 62.7 Å². The summed E-state index contributed by atoms with van der Waals surface area (Å²) in [7, 11) is 0. The van der Waals surface area contributed by atoms with Crippen LogP contribution in [0.25, 0.3) is 59.9 Å². The van der Waals surface area contributed by atoms with E-state index in [2.05, 4.69) is 61.5 Å². The van der Waals surface area contributed by atoms with Gasteiger partial charge < -0.3 is 15.3 Å². The Balaban J connectivity index is 1.16. The number of hydrogen-bond donors (Lipinski definition) is 3. The van der Waals surface area contributed by atoms with Crippen LogP contribution >= 0.6 is 56.7 Å². The zero-order chi connectivity index (χ0) is 31.8. The highest BCUT2D eigenvalue weighted by Gasteiger charge is 2.20. The van der Waals surface area contributed by atoms with Crippen LogP contribution < -0.4 is 0 Å². The molecule has 0 unspecified atom stereocenters. The number of carbonyl (C=O) groups is 1. The van der Waals surface area contributed by atoms with E-state index in [1.807, 2.05) is 42.5 Å². The van der Waals surface area contributed by atoms with E-state index in [1.165, 1.54) is 29.9 Å². The van der Waals surface area contributed by atoms with Crippen molar-refractivity contribution in [1.29, 1.82) is 0 Å². The maximum absolute atomic E-state index is 11.9. The monoisotopic (exact) mass is 696 g/mol. The minimum atomic E-state index is -0.836. The van der Waals surface area contributed by atoms with Crippen LogP contribution in [-0.4, -0.2) is 21.3 Å². The zero-order valence-electron chi connectivity index (χ0n) is 24.7. The van der Waals surface area contributed by atoms with Gasteiger partial charge in [-0.2, -0.15) is 0 Å². The molecule has 0 aliphatic heterocycles. The topological polar surface area (TPSA) is 77.8 Å². The average Bonchev–Trinajstić information content (AvgIpc) is 3.91. The Morgan fingerprint density at radius 1 is 0.522 bits per heavy atom. The Labute approximate surface area is 286 Å². The molecule has 7 aromatic rings. The summed E-state index contributed by atoms with van der Waals surface area (Å²) in [6.45, 7) is 2.22. The summed E-state index contributed by atoms with van der Waals surface area (Å²) >= 11 is 8.63. The molecule has 0 spiro atoms. The second kappa shape index (κ2) is 13.2. The summed E-state index contributed by atoms with van der Waals surface area (Å²) in [6, 6.07) is 33.1. The van der Waals surface area contributed by atoms with Crippen LogP contribution in [0.4, 0.5) is 0 Å². The summed E-state index contributed by atoms with van der Waals surface area (Å²) in [4.78, 5) is 23.3. The molecule has 2 aromatic carbocycles. The molecule has 0 amide bonds. The molecule has 0 aliphatic carbocycles. The normalized spacial score (nSPS) is 11.4. The molecule has 0 radical (unpaired) electrons. The molecule has 9 heteroatoms. The number of carboxylic acid groups (broad SMARTS) is 1. The molecule has 0 fully saturated rings. The number of aliphatic carboxylic acids is 1. The first-order chi connectivity index (χ1) is 22.4. The lowest BCUT2D eigenvalue weighted by Crippen LogP contribution is -1.99. The molecule has 3 N–H and O–H groups in total. The Hall–Kier alpha value is -3.67. The second-order valence-electron chi connectivity index (χ2n) is 10.9. The van der Waals surface area contributed by atoms with Crippen LogP contribution in [-0.2, 0) is 24.4 Å². The number of benzene rings is 2. The molecular formula is C37H28O4S5. The molecule has 0 saturated heterocycles. The molecule has 5 heterocycles. The first-order valence-corrected chi connectivity index (χ1v) is 18.6. The molecule has 7 rings (SSSR count). The van der Waals surface area contributed by atoms with Crippen molar-refractivity contribution in [1.82, 2.24) is 0 Å². The van der Waals surface area contributed by atoms with Crippen molar-refractivity contribution in [3.05, 3.63) is 119 Å². The third-order valence-corrected chi connectivity index (χ3v) is 14.2. The Morgan fingerprint density at radius 3 is 1.48 bits per heavy atom. The molecule has 5 aromatic heterocycles.